The maximum Gasteiger partial charge on any atom is 0.270 e. The van der Waals surface area contributed by atoms with Crippen LogP contribution in [0, 0.1) is 11.8 Å². The molecular formula is C12H19N3O2. The molecule has 1 unspecified atom stereocenters. The van der Waals surface area contributed by atoms with Crippen LogP contribution in [0.4, 0.5) is 0 Å². The number of nitrogens with one attached hydrogen (secondary N) is 1. The van der Waals surface area contributed by atoms with Gasteiger partial charge in [0.1, 0.15) is 5.71 Å². The highest BCUT2D eigenvalue weighted by Gasteiger charge is 2.31. The maximum absolute atomic E-state index is 12.1. The standard InChI is InChI=1S/C12H19N3O2/c1-8(2)9-5-6-15(7-9)12(17)10-3-4-11(16)14-13-10/h8-9H,3-7H2,1-2H3,(H,14,16). The third-order valence-electron chi connectivity index (χ3n) is 3.61. The summed E-state index contributed by atoms with van der Waals surface area (Å²) in [5.74, 6) is 1.09. The second-order valence-corrected chi connectivity index (χ2v) is 5.14. The van der Waals surface area contributed by atoms with Crippen molar-refractivity contribution in [3.05, 3.63) is 0 Å². The molecule has 2 aliphatic heterocycles. The largest absolute Gasteiger partial charge is 0.337 e. The maximum atomic E-state index is 12.1. The van der Waals surface area contributed by atoms with Crippen molar-refractivity contribution in [2.24, 2.45) is 16.9 Å². The Labute approximate surface area is 101 Å². The first-order chi connectivity index (χ1) is 8.08. The molecule has 0 saturated carbocycles. The third kappa shape index (κ3) is 2.65. The van der Waals surface area contributed by atoms with Crippen LogP contribution in [0.5, 0.6) is 0 Å². The highest BCUT2D eigenvalue weighted by molar-refractivity contribution is 6.39. The molecule has 94 valence electrons. The Balaban J connectivity index is 1.95. The second-order valence-electron chi connectivity index (χ2n) is 5.14. The molecule has 1 atom stereocenters. The van der Waals surface area contributed by atoms with E-state index in [4.69, 9.17) is 0 Å². The Morgan fingerprint density at radius 1 is 1.47 bits per heavy atom. The third-order valence-corrected chi connectivity index (χ3v) is 3.61. The number of hydrogen-bond donors (Lipinski definition) is 1. The summed E-state index contributed by atoms with van der Waals surface area (Å²) in [4.78, 5) is 24.9. The van der Waals surface area contributed by atoms with E-state index in [0.717, 1.165) is 19.5 Å². The first-order valence-corrected chi connectivity index (χ1v) is 6.22. The molecule has 0 aromatic rings. The van der Waals surface area contributed by atoms with Gasteiger partial charge in [-0.3, -0.25) is 9.59 Å². The van der Waals surface area contributed by atoms with Crippen molar-refractivity contribution in [2.45, 2.75) is 33.1 Å². The lowest BCUT2D eigenvalue weighted by molar-refractivity contribution is -0.124. The Bertz CT molecular complexity index is 363. The van der Waals surface area contributed by atoms with E-state index in [0.29, 0.717) is 30.4 Å². The van der Waals surface area contributed by atoms with Gasteiger partial charge in [-0.25, -0.2) is 5.43 Å². The van der Waals surface area contributed by atoms with Crippen LogP contribution in [-0.2, 0) is 9.59 Å². The SMILES string of the molecule is CC(C)C1CCN(C(=O)C2=NNC(=O)CC2)C1. The summed E-state index contributed by atoms with van der Waals surface area (Å²) in [5.41, 5.74) is 2.87. The lowest BCUT2D eigenvalue weighted by Crippen LogP contribution is -2.39. The molecule has 17 heavy (non-hydrogen) atoms. The number of hydrazone groups is 1. The average molecular weight is 237 g/mol. The molecule has 0 aliphatic carbocycles. The van der Waals surface area contributed by atoms with Gasteiger partial charge in [-0.05, 0) is 18.3 Å². The van der Waals surface area contributed by atoms with Gasteiger partial charge in [0, 0.05) is 25.9 Å². The molecule has 5 nitrogen and oxygen atoms in total. The average Bonchev–Trinajstić information content (AvgIpc) is 2.78. The molecular weight excluding hydrogens is 218 g/mol. The fourth-order valence-corrected chi connectivity index (χ4v) is 2.33. The summed E-state index contributed by atoms with van der Waals surface area (Å²) in [7, 11) is 0. The van der Waals surface area contributed by atoms with Gasteiger partial charge in [-0.1, -0.05) is 13.8 Å². The molecule has 0 aromatic heterocycles. The van der Waals surface area contributed by atoms with Crippen LogP contribution in [0.3, 0.4) is 0 Å². The molecule has 2 rings (SSSR count). The van der Waals surface area contributed by atoms with Crippen molar-refractivity contribution in [3.8, 4) is 0 Å². The molecule has 2 aliphatic rings. The molecule has 0 aromatic carbocycles. The van der Waals surface area contributed by atoms with Crippen molar-refractivity contribution in [2.75, 3.05) is 13.1 Å². The number of likely N-dealkylation sites (tertiary alicyclic amines) is 1. The van der Waals surface area contributed by atoms with E-state index in [2.05, 4.69) is 24.4 Å². The zero-order valence-electron chi connectivity index (χ0n) is 10.4. The van der Waals surface area contributed by atoms with Crippen LogP contribution in [0.15, 0.2) is 5.10 Å². The zero-order chi connectivity index (χ0) is 12.4. The number of nitrogens with zero attached hydrogens (tertiary/aromatic N) is 2. The molecule has 0 spiro atoms. The minimum absolute atomic E-state index is 0.00634. The fourth-order valence-electron chi connectivity index (χ4n) is 2.33. The van der Waals surface area contributed by atoms with Crippen molar-refractivity contribution in [1.82, 2.24) is 10.3 Å². The number of carbonyl (C=O) groups is 2. The highest BCUT2D eigenvalue weighted by Crippen LogP contribution is 2.24. The summed E-state index contributed by atoms with van der Waals surface area (Å²) in [6.45, 7) is 6.02. The van der Waals surface area contributed by atoms with Gasteiger partial charge >= 0.3 is 0 Å². The van der Waals surface area contributed by atoms with Crippen molar-refractivity contribution in [1.29, 1.82) is 0 Å². The molecule has 1 N–H and O–H groups in total. The fraction of sp³-hybridized carbons (Fsp3) is 0.750. The zero-order valence-corrected chi connectivity index (χ0v) is 10.4. The van der Waals surface area contributed by atoms with Gasteiger partial charge in [0.05, 0.1) is 0 Å². The number of amides is 2. The minimum atomic E-state index is -0.108. The summed E-state index contributed by atoms with van der Waals surface area (Å²) in [6, 6.07) is 0. The molecule has 1 fully saturated rings. The summed E-state index contributed by atoms with van der Waals surface area (Å²) < 4.78 is 0. The lowest BCUT2D eigenvalue weighted by atomic mass is 9.95. The van der Waals surface area contributed by atoms with E-state index < -0.39 is 0 Å². The minimum Gasteiger partial charge on any atom is -0.337 e. The van der Waals surface area contributed by atoms with Gasteiger partial charge < -0.3 is 4.90 Å². The Hall–Kier alpha value is -1.39. The number of hydrogen-bond acceptors (Lipinski definition) is 3. The summed E-state index contributed by atoms with van der Waals surface area (Å²) in [5, 5.41) is 3.85. The smallest absolute Gasteiger partial charge is 0.270 e. The van der Waals surface area contributed by atoms with E-state index in [1.807, 2.05) is 4.90 Å². The van der Waals surface area contributed by atoms with Crippen molar-refractivity contribution >= 4 is 17.5 Å². The van der Waals surface area contributed by atoms with Crippen LogP contribution in [0.1, 0.15) is 33.1 Å². The molecule has 2 heterocycles. The monoisotopic (exact) mass is 237 g/mol. The van der Waals surface area contributed by atoms with E-state index in [1.54, 1.807) is 0 Å². The van der Waals surface area contributed by atoms with E-state index >= 15 is 0 Å². The Kier molecular flexibility index (Phi) is 3.45. The van der Waals surface area contributed by atoms with Gasteiger partial charge in [0.15, 0.2) is 0 Å². The van der Waals surface area contributed by atoms with Crippen LogP contribution >= 0.6 is 0 Å². The normalized spacial score (nSPS) is 24.9. The predicted molar refractivity (Wildman–Crippen MR) is 64.3 cm³/mol. The topological polar surface area (TPSA) is 61.8 Å². The second kappa shape index (κ2) is 4.85. The van der Waals surface area contributed by atoms with E-state index in [1.165, 1.54) is 0 Å². The first-order valence-electron chi connectivity index (χ1n) is 6.22. The van der Waals surface area contributed by atoms with Gasteiger partial charge in [-0.2, -0.15) is 5.10 Å². The first kappa shape index (κ1) is 12.1. The predicted octanol–water partition coefficient (Wildman–Crippen LogP) is 0.757. The van der Waals surface area contributed by atoms with Gasteiger partial charge in [0.2, 0.25) is 5.91 Å². The number of rotatable bonds is 2. The molecule has 0 radical (unpaired) electrons. The van der Waals surface area contributed by atoms with Crippen molar-refractivity contribution in [3.63, 3.8) is 0 Å². The van der Waals surface area contributed by atoms with Crippen LogP contribution < -0.4 is 5.43 Å². The van der Waals surface area contributed by atoms with Gasteiger partial charge in [-0.15, -0.1) is 0 Å². The molecule has 1 saturated heterocycles. The lowest BCUT2D eigenvalue weighted by Gasteiger charge is -2.20. The van der Waals surface area contributed by atoms with E-state index in [-0.39, 0.29) is 11.8 Å². The molecule has 2 amide bonds. The Morgan fingerprint density at radius 2 is 2.24 bits per heavy atom. The summed E-state index contributed by atoms with van der Waals surface area (Å²) >= 11 is 0. The van der Waals surface area contributed by atoms with Gasteiger partial charge in [0.25, 0.3) is 5.91 Å². The Morgan fingerprint density at radius 3 is 2.76 bits per heavy atom. The van der Waals surface area contributed by atoms with Crippen LogP contribution in [0.25, 0.3) is 0 Å². The van der Waals surface area contributed by atoms with Crippen LogP contribution in [0.2, 0.25) is 0 Å². The quantitative estimate of drug-likeness (QED) is 0.770. The molecule has 5 heteroatoms. The van der Waals surface area contributed by atoms with E-state index in [9.17, 15) is 9.59 Å². The highest BCUT2D eigenvalue weighted by atomic mass is 16.2. The number of carbonyl (C=O) groups excluding carboxylic acids is 2. The summed E-state index contributed by atoms with van der Waals surface area (Å²) in [6.07, 6.45) is 1.91. The van der Waals surface area contributed by atoms with Crippen LogP contribution in [-0.4, -0.2) is 35.5 Å². The molecule has 0 bridgehead atoms. The van der Waals surface area contributed by atoms with Crippen molar-refractivity contribution < 1.29 is 9.59 Å².